The molecule has 0 spiro atoms. The van der Waals surface area contributed by atoms with Gasteiger partial charge < -0.3 is 10.5 Å². The summed E-state index contributed by atoms with van der Waals surface area (Å²) in [5.74, 6) is -0.231. The van der Waals surface area contributed by atoms with Gasteiger partial charge in [-0.05, 0) is 18.9 Å². The van der Waals surface area contributed by atoms with Gasteiger partial charge in [0.2, 0.25) is 0 Å². The molecule has 2 nitrogen and oxygen atoms in total. The molecule has 0 bridgehead atoms. The first-order valence-corrected chi connectivity index (χ1v) is 6.75. The third-order valence-electron chi connectivity index (χ3n) is 4.16. The van der Waals surface area contributed by atoms with Crippen LogP contribution in [0.15, 0.2) is 24.3 Å². The predicted molar refractivity (Wildman–Crippen MR) is 70.8 cm³/mol. The summed E-state index contributed by atoms with van der Waals surface area (Å²) in [6.07, 6.45) is 6.48. The van der Waals surface area contributed by atoms with Gasteiger partial charge in [0.1, 0.15) is 5.82 Å². The normalized spacial score (nSPS) is 21.3. The highest BCUT2D eigenvalue weighted by molar-refractivity contribution is 5.24. The maximum Gasteiger partial charge on any atom is 0.128 e. The Morgan fingerprint density at radius 1 is 1.17 bits per heavy atom. The molecule has 1 atom stereocenters. The molecule has 1 unspecified atom stereocenters. The van der Waals surface area contributed by atoms with E-state index < -0.39 is 5.60 Å². The number of methoxy groups -OCH3 is 1. The number of benzene rings is 1. The van der Waals surface area contributed by atoms with Crippen molar-refractivity contribution in [3.05, 3.63) is 35.6 Å². The fraction of sp³-hybridized carbons (Fsp3) is 0.600. The molecule has 0 amide bonds. The molecule has 18 heavy (non-hydrogen) atoms. The van der Waals surface area contributed by atoms with Crippen LogP contribution in [0.3, 0.4) is 0 Å². The topological polar surface area (TPSA) is 35.2 Å². The Morgan fingerprint density at radius 3 is 2.33 bits per heavy atom. The first-order chi connectivity index (χ1) is 8.69. The third-order valence-corrected chi connectivity index (χ3v) is 4.16. The number of rotatable bonds is 3. The van der Waals surface area contributed by atoms with E-state index in [1.54, 1.807) is 19.2 Å². The molecule has 1 aliphatic carbocycles. The van der Waals surface area contributed by atoms with Crippen molar-refractivity contribution in [2.75, 3.05) is 7.11 Å². The molecule has 1 aliphatic rings. The molecule has 0 aliphatic heterocycles. The first kappa shape index (κ1) is 13.5. The Bertz CT molecular complexity index is 386. The van der Waals surface area contributed by atoms with Crippen molar-refractivity contribution < 1.29 is 9.13 Å². The van der Waals surface area contributed by atoms with Gasteiger partial charge >= 0.3 is 0 Å². The van der Waals surface area contributed by atoms with Crippen LogP contribution < -0.4 is 5.73 Å². The van der Waals surface area contributed by atoms with E-state index in [1.165, 1.54) is 18.9 Å². The molecule has 1 aromatic rings. The largest absolute Gasteiger partial charge is 0.376 e. The predicted octanol–water partition coefficient (Wildman–Crippen LogP) is 3.56. The zero-order valence-electron chi connectivity index (χ0n) is 11.0. The van der Waals surface area contributed by atoms with Crippen LogP contribution in [0, 0.1) is 5.82 Å². The average molecular weight is 251 g/mol. The van der Waals surface area contributed by atoms with Crippen molar-refractivity contribution in [1.29, 1.82) is 0 Å². The minimum absolute atomic E-state index is 0.231. The van der Waals surface area contributed by atoms with Crippen LogP contribution in [0.2, 0.25) is 0 Å². The van der Waals surface area contributed by atoms with E-state index in [4.69, 9.17) is 10.5 Å². The molecule has 1 aromatic carbocycles. The third kappa shape index (κ3) is 2.57. The van der Waals surface area contributed by atoms with Crippen LogP contribution in [0.5, 0.6) is 0 Å². The maximum atomic E-state index is 13.9. The second-order valence-electron chi connectivity index (χ2n) is 5.18. The number of hydrogen-bond donors (Lipinski definition) is 1. The molecule has 2 N–H and O–H groups in total. The molecule has 1 saturated carbocycles. The number of hydrogen-bond acceptors (Lipinski definition) is 2. The molecule has 3 heteroatoms. The van der Waals surface area contributed by atoms with Gasteiger partial charge in [0.05, 0.1) is 11.6 Å². The minimum Gasteiger partial charge on any atom is -0.376 e. The lowest BCUT2D eigenvalue weighted by Crippen LogP contribution is -2.43. The second-order valence-corrected chi connectivity index (χ2v) is 5.18. The first-order valence-electron chi connectivity index (χ1n) is 6.75. The Hall–Kier alpha value is -0.930. The summed E-state index contributed by atoms with van der Waals surface area (Å²) >= 11 is 0. The van der Waals surface area contributed by atoms with Gasteiger partial charge in [-0.1, -0.05) is 43.9 Å². The van der Waals surface area contributed by atoms with E-state index in [2.05, 4.69) is 0 Å². The Balaban J connectivity index is 2.28. The van der Waals surface area contributed by atoms with E-state index in [0.717, 1.165) is 25.7 Å². The maximum absolute atomic E-state index is 13.9. The van der Waals surface area contributed by atoms with E-state index >= 15 is 0 Å². The molecule has 0 radical (unpaired) electrons. The Labute approximate surface area is 108 Å². The molecule has 1 fully saturated rings. The fourth-order valence-corrected chi connectivity index (χ4v) is 2.98. The Morgan fingerprint density at radius 2 is 1.78 bits per heavy atom. The zero-order valence-corrected chi connectivity index (χ0v) is 11.0. The van der Waals surface area contributed by atoms with Crippen molar-refractivity contribution in [2.45, 2.75) is 50.2 Å². The van der Waals surface area contributed by atoms with Gasteiger partial charge in [-0.2, -0.15) is 0 Å². The lowest BCUT2D eigenvalue weighted by atomic mass is 9.82. The molecular weight excluding hydrogens is 229 g/mol. The van der Waals surface area contributed by atoms with Crippen molar-refractivity contribution in [1.82, 2.24) is 0 Å². The summed E-state index contributed by atoms with van der Waals surface area (Å²) in [5, 5.41) is 0. The SMILES string of the molecule is COC1(C(N)c2ccccc2F)CCCCCC1. The van der Waals surface area contributed by atoms with E-state index in [0.29, 0.717) is 5.56 Å². The molecule has 0 saturated heterocycles. The van der Waals surface area contributed by atoms with Gasteiger partial charge in [0, 0.05) is 12.7 Å². The number of nitrogens with two attached hydrogens (primary N) is 1. The van der Waals surface area contributed by atoms with Crippen LogP contribution in [-0.2, 0) is 4.74 Å². The molecular formula is C15H22FNO. The quantitative estimate of drug-likeness (QED) is 0.834. The Kier molecular flexibility index (Phi) is 4.36. The van der Waals surface area contributed by atoms with Crippen molar-refractivity contribution in [3.63, 3.8) is 0 Å². The second kappa shape index (κ2) is 5.81. The van der Waals surface area contributed by atoms with E-state index in [1.807, 2.05) is 6.07 Å². The van der Waals surface area contributed by atoms with Gasteiger partial charge in [0.15, 0.2) is 0 Å². The highest BCUT2D eigenvalue weighted by atomic mass is 19.1. The summed E-state index contributed by atoms with van der Waals surface area (Å²) < 4.78 is 19.6. The average Bonchev–Trinajstić information content (AvgIpc) is 2.65. The smallest absolute Gasteiger partial charge is 0.128 e. The number of ether oxygens (including phenoxy) is 1. The molecule has 0 aromatic heterocycles. The molecule has 2 rings (SSSR count). The summed E-state index contributed by atoms with van der Waals surface area (Å²) in [6.45, 7) is 0. The van der Waals surface area contributed by atoms with Gasteiger partial charge in [-0.25, -0.2) is 4.39 Å². The standard InChI is InChI=1S/C15H22FNO/c1-18-15(10-6-2-3-7-11-15)14(17)12-8-4-5-9-13(12)16/h4-5,8-9,14H,2-3,6-7,10-11,17H2,1H3. The lowest BCUT2D eigenvalue weighted by Gasteiger charge is -2.37. The van der Waals surface area contributed by atoms with Crippen molar-refractivity contribution in [2.24, 2.45) is 5.73 Å². The van der Waals surface area contributed by atoms with Gasteiger partial charge in [0.25, 0.3) is 0 Å². The van der Waals surface area contributed by atoms with Crippen LogP contribution in [0.25, 0.3) is 0 Å². The summed E-state index contributed by atoms with van der Waals surface area (Å²) in [4.78, 5) is 0. The summed E-state index contributed by atoms with van der Waals surface area (Å²) in [6, 6.07) is 6.37. The highest BCUT2D eigenvalue weighted by Crippen LogP contribution is 2.39. The van der Waals surface area contributed by atoms with Gasteiger partial charge in [-0.3, -0.25) is 0 Å². The molecule has 100 valence electrons. The lowest BCUT2D eigenvalue weighted by molar-refractivity contribution is -0.0449. The minimum atomic E-state index is -0.404. The van der Waals surface area contributed by atoms with E-state index in [-0.39, 0.29) is 11.9 Å². The summed E-state index contributed by atoms with van der Waals surface area (Å²) in [5.41, 5.74) is 6.49. The van der Waals surface area contributed by atoms with Crippen LogP contribution >= 0.6 is 0 Å². The number of halogens is 1. The van der Waals surface area contributed by atoms with Crippen molar-refractivity contribution >= 4 is 0 Å². The summed E-state index contributed by atoms with van der Waals surface area (Å²) in [7, 11) is 1.70. The van der Waals surface area contributed by atoms with Crippen molar-refractivity contribution in [3.8, 4) is 0 Å². The van der Waals surface area contributed by atoms with Gasteiger partial charge in [-0.15, -0.1) is 0 Å². The fourth-order valence-electron chi connectivity index (χ4n) is 2.98. The zero-order chi connectivity index (χ0) is 13.0. The van der Waals surface area contributed by atoms with Crippen LogP contribution in [0.4, 0.5) is 4.39 Å². The molecule has 0 heterocycles. The van der Waals surface area contributed by atoms with E-state index in [9.17, 15) is 4.39 Å². The highest BCUT2D eigenvalue weighted by Gasteiger charge is 2.38. The van der Waals surface area contributed by atoms with Crippen LogP contribution in [-0.4, -0.2) is 12.7 Å². The van der Waals surface area contributed by atoms with Crippen LogP contribution in [0.1, 0.15) is 50.1 Å². The monoisotopic (exact) mass is 251 g/mol.